The predicted molar refractivity (Wildman–Crippen MR) is 127 cm³/mol. The van der Waals surface area contributed by atoms with E-state index in [-0.39, 0.29) is 24.1 Å². The lowest BCUT2D eigenvalue weighted by atomic mass is 10.1. The highest BCUT2D eigenvalue weighted by Gasteiger charge is 2.21. The van der Waals surface area contributed by atoms with E-state index in [1.807, 2.05) is 48.2 Å². The lowest BCUT2D eigenvalue weighted by molar-refractivity contribution is -0.115. The van der Waals surface area contributed by atoms with Crippen molar-refractivity contribution in [1.29, 1.82) is 0 Å². The first-order chi connectivity index (χ1) is 16.0. The first-order valence-corrected chi connectivity index (χ1v) is 11.1. The Bertz CT molecular complexity index is 1100. The number of hydrogen-bond acceptors (Lipinski definition) is 4. The molecule has 0 radical (unpaired) electrons. The van der Waals surface area contributed by atoms with Crippen LogP contribution in [0.25, 0.3) is 0 Å². The van der Waals surface area contributed by atoms with E-state index >= 15 is 0 Å². The molecule has 0 saturated carbocycles. The minimum atomic E-state index is -0.324. The quantitative estimate of drug-likeness (QED) is 0.642. The molecule has 0 bridgehead atoms. The highest BCUT2D eigenvalue weighted by Crippen LogP contribution is 2.18. The van der Waals surface area contributed by atoms with E-state index in [4.69, 9.17) is 0 Å². The fraction of sp³-hybridized carbons (Fsp3) is 0.269. The van der Waals surface area contributed by atoms with Gasteiger partial charge >= 0.3 is 0 Å². The SMILES string of the molecule is Cc1ccc(C(=O)N2CCCN(c3ccc(NC(=O)Cc4ccc(F)cc4)cn3)CC2)cc1. The second-order valence-corrected chi connectivity index (χ2v) is 8.26. The normalized spacial score (nSPS) is 14.0. The van der Waals surface area contributed by atoms with Gasteiger partial charge in [0.2, 0.25) is 5.91 Å². The van der Waals surface area contributed by atoms with Crippen LogP contribution in [0.4, 0.5) is 15.9 Å². The Morgan fingerprint density at radius 3 is 2.39 bits per heavy atom. The zero-order valence-corrected chi connectivity index (χ0v) is 18.6. The maximum atomic E-state index is 13.0. The van der Waals surface area contributed by atoms with E-state index in [1.54, 1.807) is 18.3 Å². The summed E-state index contributed by atoms with van der Waals surface area (Å²) in [6.07, 6.45) is 2.66. The van der Waals surface area contributed by atoms with Crippen LogP contribution in [0.5, 0.6) is 0 Å². The number of halogens is 1. The summed E-state index contributed by atoms with van der Waals surface area (Å²) in [5.41, 5.74) is 3.20. The molecular formula is C26H27FN4O2. The summed E-state index contributed by atoms with van der Waals surface area (Å²) in [6, 6.07) is 17.3. The van der Waals surface area contributed by atoms with Crippen molar-refractivity contribution >= 4 is 23.3 Å². The largest absolute Gasteiger partial charge is 0.355 e. The second kappa shape index (κ2) is 10.3. The van der Waals surface area contributed by atoms with Gasteiger partial charge in [-0.1, -0.05) is 29.8 Å². The summed E-state index contributed by atoms with van der Waals surface area (Å²) >= 11 is 0. The van der Waals surface area contributed by atoms with Crippen LogP contribution in [0.2, 0.25) is 0 Å². The number of nitrogens with one attached hydrogen (secondary N) is 1. The highest BCUT2D eigenvalue weighted by molar-refractivity contribution is 5.94. The third-order valence-corrected chi connectivity index (χ3v) is 5.72. The molecule has 1 aliphatic rings. The van der Waals surface area contributed by atoms with Crippen molar-refractivity contribution in [3.8, 4) is 0 Å². The molecule has 1 fully saturated rings. The lowest BCUT2D eigenvalue weighted by Gasteiger charge is -2.23. The summed E-state index contributed by atoms with van der Waals surface area (Å²) in [7, 11) is 0. The first kappa shape index (κ1) is 22.5. The van der Waals surface area contributed by atoms with E-state index in [2.05, 4.69) is 15.2 Å². The molecule has 3 aromatic rings. The van der Waals surface area contributed by atoms with Gasteiger partial charge in [-0.2, -0.15) is 0 Å². The Labute approximate surface area is 193 Å². The third-order valence-electron chi connectivity index (χ3n) is 5.72. The van der Waals surface area contributed by atoms with Crippen LogP contribution in [0.1, 0.15) is 27.9 Å². The number of anilines is 2. The van der Waals surface area contributed by atoms with Crippen molar-refractivity contribution < 1.29 is 14.0 Å². The molecule has 1 aromatic heterocycles. The van der Waals surface area contributed by atoms with Gasteiger partial charge in [0.25, 0.3) is 5.91 Å². The lowest BCUT2D eigenvalue weighted by Crippen LogP contribution is -2.35. The van der Waals surface area contributed by atoms with Crippen LogP contribution in [0.3, 0.4) is 0 Å². The Morgan fingerprint density at radius 2 is 1.70 bits per heavy atom. The minimum absolute atomic E-state index is 0.0593. The van der Waals surface area contributed by atoms with Gasteiger partial charge in [-0.15, -0.1) is 0 Å². The molecule has 33 heavy (non-hydrogen) atoms. The number of carbonyl (C=O) groups is 2. The molecule has 2 heterocycles. The van der Waals surface area contributed by atoms with E-state index in [1.165, 1.54) is 12.1 Å². The molecule has 2 aromatic carbocycles. The van der Waals surface area contributed by atoms with Crippen LogP contribution < -0.4 is 10.2 Å². The average Bonchev–Trinajstić information content (AvgIpc) is 3.07. The smallest absolute Gasteiger partial charge is 0.253 e. The molecule has 7 heteroatoms. The fourth-order valence-corrected chi connectivity index (χ4v) is 3.87. The van der Waals surface area contributed by atoms with Gasteiger partial charge in [0.1, 0.15) is 11.6 Å². The zero-order valence-electron chi connectivity index (χ0n) is 18.6. The van der Waals surface area contributed by atoms with Gasteiger partial charge in [0, 0.05) is 31.7 Å². The van der Waals surface area contributed by atoms with Gasteiger partial charge in [0.05, 0.1) is 18.3 Å². The van der Waals surface area contributed by atoms with Crippen LogP contribution in [-0.4, -0.2) is 47.9 Å². The van der Waals surface area contributed by atoms with E-state index in [9.17, 15) is 14.0 Å². The summed E-state index contributed by atoms with van der Waals surface area (Å²) in [5.74, 6) is 0.367. The molecule has 0 aliphatic carbocycles. The number of rotatable bonds is 5. The maximum Gasteiger partial charge on any atom is 0.253 e. The van der Waals surface area contributed by atoms with Gasteiger partial charge in [0.15, 0.2) is 0 Å². The first-order valence-electron chi connectivity index (χ1n) is 11.1. The summed E-state index contributed by atoms with van der Waals surface area (Å²) < 4.78 is 13.0. The predicted octanol–water partition coefficient (Wildman–Crippen LogP) is 4.06. The Hall–Kier alpha value is -3.74. The number of hydrogen-bond donors (Lipinski definition) is 1. The molecular weight excluding hydrogens is 419 g/mol. The topological polar surface area (TPSA) is 65.5 Å². The standard InChI is InChI=1S/C26H27FN4O2/c1-19-3-7-21(8-4-19)26(33)31-14-2-13-30(15-16-31)24-12-11-23(18-28-24)29-25(32)17-20-5-9-22(27)10-6-20/h3-12,18H,2,13-17H2,1H3,(H,29,32). The molecule has 2 amide bonds. The molecule has 0 unspecified atom stereocenters. The van der Waals surface area contributed by atoms with E-state index < -0.39 is 0 Å². The van der Waals surface area contributed by atoms with Gasteiger partial charge in [-0.25, -0.2) is 9.37 Å². The number of amides is 2. The zero-order chi connectivity index (χ0) is 23.2. The van der Waals surface area contributed by atoms with Crippen molar-refractivity contribution in [3.05, 3.63) is 89.4 Å². The summed E-state index contributed by atoms with van der Waals surface area (Å²) in [6.45, 7) is 4.85. The van der Waals surface area contributed by atoms with Crippen LogP contribution in [0.15, 0.2) is 66.9 Å². The Kier molecular flexibility index (Phi) is 6.98. The molecule has 1 N–H and O–H groups in total. The van der Waals surface area contributed by atoms with Crippen LogP contribution in [0, 0.1) is 12.7 Å². The summed E-state index contributed by atoms with van der Waals surface area (Å²) in [5, 5.41) is 2.82. The van der Waals surface area contributed by atoms with Crippen molar-refractivity contribution in [2.24, 2.45) is 0 Å². The Balaban J connectivity index is 1.32. The number of aromatic nitrogens is 1. The van der Waals surface area contributed by atoms with E-state index in [0.29, 0.717) is 30.9 Å². The van der Waals surface area contributed by atoms with Crippen molar-refractivity contribution in [3.63, 3.8) is 0 Å². The highest BCUT2D eigenvalue weighted by atomic mass is 19.1. The molecule has 1 saturated heterocycles. The minimum Gasteiger partial charge on any atom is -0.355 e. The number of carbonyl (C=O) groups excluding carboxylic acids is 2. The fourth-order valence-electron chi connectivity index (χ4n) is 3.87. The van der Waals surface area contributed by atoms with Gasteiger partial charge < -0.3 is 15.1 Å². The van der Waals surface area contributed by atoms with E-state index in [0.717, 1.165) is 29.9 Å². The van der Waals surface area contributed by atoms with Gasteiger partial charge in [-0.05, 0) is 55.3 Å². The van der Waals surface area contributed by atoms with Crippen molar-refractivity contribution in [1.82, 2.24) is 9.88 Å². The molecule has 6 nitrogen and oxygen atoms in total. The molecule has 4 rings (SSSR count). The number of aryl methyl sites for hydroxylation is 1. The number of nitrogens with zero attached hydrogens (tertiary/aromatic N) is 3. The third kappa shape index (κ3) is 5.94. The number of pyridine rings is 1. The molecule has 0 atom stereocenters. The molecule has 1 aliphatic heterocycles. The summed E-state index contributed by atoms with van der Waals surface area (Å²) in [4.78, 5) is 33.7. The van der Waals surface area contributed by atoms with Crippen LogP contribution >= 0.6 is 0 Å². The molecule has 0 spiro atoms. The maximum absolute atomic E-state index is 13.0. The van der Waals surface area contributed by atoms with Gasteiger partial charge in [-0.3, -0.25) is 9.59 Å². The number of benzene rings is 2. The molecule has 170 valence electrons. The van der Waals surface area contributed by atoms with Crippen molar-refractivity contribution in [2.75, 3.05) is 36.4 Å². The van der Waals surface area contributed by atoms with Crippen molar-refractivity contribution in [2.45, 2.75) is 19.8 Å². The Morgan fingerprint density at radius 1 is 0.939 bits per heavy atom. The van der Waals surface area contributed by atoms with Crippen LogP contribution in [-0.2, 0) is 11.2 Å². The average molecular weight is 447 g/mol. The second-order valence-electron chi connectivity index (χ2n) is 8.26. The monoisotopic (exact) mass is 446 g/mol.